The number of rotatable bonds is 3. The van der Waals surface area contributed by atoms with E-state index in [4.69, 9.17) is 11.6 Å². The second kappa shape index (κ2) is 5.43. The minimum absolute atomic E-state index is 0.425. The lowest BCUT2D eigenvalue weighted by Crippen LogP contribution is -2.37. The van der Waals surface area contributed by atoms with Crippen LogP contribution in [0.4, 0.5) is 5.82 Å². The van der Waals surface area contributed by atoms with E-state index in [0.717, 1.165) is 11.5 Å². The zero-order valence-electron chi connectivity index (χ0n) is 11.5. The van der Waals surface area contributed by atoms with Gasteiger partial charge in [-0.25, -0.2) is 0 Å². The molecule has 0 aliphatic heterocycles. The predicted octanol–water partition coefficient (Wildman–Crippen LogP) is 3.62. The molecule has 1 heterocycles. The third-order valence-corrected chi connectivity index (χ3v) is 4.33. The lowest BCUT2D eigenvalue weighted by molar-refractivity contribution is 0.222. The van der Waals surface area contributed by atoms with Gasteiger partial charge in [-0.3, -0.25) is 0 Å². The number of halogens is 1. The van der Waals surface area contributed by atoms with E-state index < -0.39 is 0 Å². The van der Waals surface area contributed by atoms with Gasteiger partial charge in [-0.05, 0) is 43.2 Å². The molecule has 0 atom stereocenters. The van der Waals surface area contributed by atoms with Gasteiger partial charge in [0.1, 0.15) is 0 Å². The molecule has 2 rings (SSSR count). The molecule has 0 unspecified atom stereocenters. The molecular weight excluding hydrogens is 246 g/mol. The maximum atomic E-state index is 5.72. The normalized spacial score (nSPS) is 19.8. The standard InChI is InChI=1S/C14H22ClN3/c1-14(2)8-6-12(7-9-14)18(3)13-5-4-11(10-15)16-17-13/h4-5,12H,6-10H2,1-3H3. The molecule has 0 spiro atoms. The summed E-state index contributed by atoms with van der Waals surface area (Å²) in [5.74, 6) is 1.38. The topological polar surface area (TPSA) is 29.0 Å². The van der Waals surface area contributed by atoms with Crippen LogP contribution in [-0.2, 0) is 5.88 Å². The Kier molecular flexibility index (Phi) is 4.10. The van der Waals surface area contributed by atoms with Crippen molar-refractivity contribution in [3.8, 4) is 0 Å². The molecule has 18 heavy (non-hydrogen) atoms. The lowest BCUT2D eigenvalue weighted by atomic mass is 9.75. The average Bonchev–Trinajstić information content (AvgIpc) is 2.38. The van der Waals surface area contributed by atoms with Crippen LogP contribution in [0.2, 0.25) is 0 Å². The van der Waals surface area contributed by atoms with Crippen molar-refractivity contribution >= 4 is 17.4 Å². The minimum atomic E-state index is 0.425. The minimum Gasteiger partial charge on any atom is -0.355 e. The summed E-state index contributed by atoms with van der Waals surface area (Å²) in [6, 6.07) is 4.57. The molecule has 0 saturated heterocycles. The van der Waals surface area contributed by atoms with E-state index in [2.05, 4.69) is 36.0 Å². The molecule has 3 nitrogen and oxygen atoms in total. The molecule has 1 saturated carbocycles. The summed E-state index contributed by atoms with van der Waals surface area (Å²) in [6.07, 6.45) is 5.05. The highest BCUT2D eigenvalue weighted by atomic mass is 35.5. The predicted molar refractivity (Wildman–Crippen MR) is 76.0 cm³/mol. The number of anilines is 1. The first-order valence-corrected chi connectivity index (χ1v) is 7.17. The fourth-order valence-corrected chi connectivity index (χ4v) is 2.71. The number of hydrogen-bond donors (Lipinski definition) is 0. The summed E-state index contributed by atoms with van der Waals surface area (Å²) in [6.45, 7) is 4.72. The van der Waals surface area contributed by atoms with Gasteiger partial charge in [-0.15, -0.1) is 16.7 Å². The van der Waals surface area contributed by atoms with E-state index in [-0.39, 0.29) is 0 Å². The Labute approximate surface area is 115 Å². The molecule has 100 valence electrons. The molecule has 1 aliphatic rings. The largest absolute Gasteiger partial charge is 0.355 e. The van der Waals surface area contributed by atoms with Crippen LogP contribution in [0.5, 0.6) is 0 Å². The van der Waals surface area contributed by atoms with Gasteiger partial charge >= 0.3 is 0 Å². The van der Waals surface area contributed by atoms with Crippen molar-refractivity contribution in [3.05, 3.63) is 17.8 Å². The van der Waals surface area contributed by atoms with Crippen molar-refractivity contribution in [2.24, 2.45) is 5.41 Å². The van der Waals surface area contributed by atoms with Crippen molar-refractivity contribution in [2.75, 3.05) is 11.9 Å². The fraction of sp³-hybridized carbons (Fsp3) is 0.714. The maximum absolute atomic E-state index is 5.72. The first-order valence-electron chi connectivity index (χ1n) is 6.63. The monoisotopic (exact) mass is 267 g/mol. The van der Waals surface area contributed by atoms with Crippen LogP contribution in [0.25, 0.3) is 0 Å². The average molecular weight is 268 g/mol. The molecule has 1 fully saturated rings. The van der Waals surface area contributed by atoms with E-state index >= 15 is 0 Å². The van der Waals surface area contributed by atoms with Crippen molar-refractivity contribution in [2.45, 2.75) is 51.5 Å². The van der Waals surface area contributed by atoms with Gasteiger partial charge in [0.15, 0.2) is 5.82 Å². The van der Waals surface area contributed by atoms with Gasteiger partial charge in [-0.2, -0.15) is 5.10 Å². The van der Waals surface area contributed by atoms with Crippen LogP contribution in [0.1, 0.15) is 45.2 Å². The third kappa shape index (κ3) is 3.14. The second-order valence-electron chi connectivity index (χ2n) is 6.02. The van der Waals surface area contributed by atoms with Crippen LogP contribution in [0.3, 0.4) is 0 Å². The third-order valence-electron chi connectivity index (χ3n) is 4.06. The van der Waals surface area contributed by atoms with E-state index in [1.807, 2.05) is 12.1 Å². The van der Waals surface area contributed by atoms with Gasteiger partial charge in [0.2, 0.25) is 0 Å². The molecule has 1 aromatic heterocycles. The van der Waals surface area contributed by atoms with E-state index in [0.29, 0.717) is 17.3 Å². The van der Waals surface area contributed by atoms with Crippen LogP contribution < -0.4 is 4.90 Å². The SMILES string of the molecule is CN(c1ccc(CCl)nn1)C1CCC(C)(C)CC1. The Morgan fingerprint density at radius 3 is 2.44 bits per heavy atom. The molecule has 0 amide bonds. The maximum Gasteiger partial charge on any atom is 0.151 e. The van der Waals surface area contributed by atoms with Crippen LogP contribution in [0, 0.1) is 5.41 Å². The number of aromatic nitrogens is 2. The van der Waals surface area contributed by atoms with Crippen molar-refractivity contribution in [1.29, 1.82) is 0 Å². The van der Waals surface area contributed by atoms with E-state index in [1.165, 1.54) is 25.7 Å². The van der Waals surface area contributed by atoms with Crippen molar-refractivity contribution < 1.29 is 0 Å². The summed E-state index contributed by atoms with van der Waals surface area (Å²) in [5.41, 5.74) is 1.34. The summed E-state index contributed by atoms with van der Waals surface area (Å²) in [5, 5.41) is 8.37. The Hall–Kier alpha value is -0.830. The highest BCUT2D eigenvalue weighted by Gasteiger charge is 2.29. The highest BCUT2D eigenvalue weighted by molar-refractivity contribution is 6.16. The van der Waals surface area contributed by atoms with Crippen molar-refractivity contribution in [1.82, 2.24) is 10.2 Å². The smallest absolute Gasteiger partial charge is 0.151 e. The summed E-state index contributed by atoms with van der Waals surface area (Å²) >= 11 is 5.72. The molecule has 4 heteroatoms. The quantitative estimate of drug-likeness (QED) is 0.784. The Bertz CT molecular complexity index is 379. The van der Waals surface area contributed by atoms with Crippen molar-refractivity contribution in [3.63, 3.8) is 0 Å². The van der Waals surface area contributed by atoms with Crippen LogP contribution >= 0.6 is 11.6 Å². The van der Waals surface area contributed by atoms with Gasteiger partial charge < -0.3 is 4.90 Å². The first kappa shape index (κ1) is 13.6. The molecule has 0 radical (unpaired) electrons. The highest BCUT2D eigenvalue weighted by Crippen LogP contribution is 2.37. The molecule has 0 bridgehead atoms. The summed E-state index contributed by atoms with van der Waals surface area (Å²) in [7, 11) is 2.12. The molecule has 1 aromatic rings. The Balaban J connectivity index is 2.00. The number of hydrogen-bond acceptors (Lipinski definition) is 3. The first-order chi connectivity index (χ1) is 8.52. The number of nitrogens with zero attached hydrogens (tertiary/aromatic N) is 3. The van der Waals surface area contributed by atoms with Gasteiger partial charge in [0.05, 0.1) is 11.6 Å². The zero-order chi connectivity index (χ0) is 13.2. The fourth-order valence-electron chi connectivity index (χ4n) is 2.57. The second-order valence-corrected chi connectivity index (χ2v) is 6.29. The van der Waals surface area contributed by atoms with Gasteiger partial charge in [0, 0.05) is 13.1 Å². The van der Waals surface area contributed by atoms with Crippen LogP contribution in [-0.4, -0.2) is 23.3 Å². The molecule has 0 aromatic carbocycles. The van der Waals surface area contributed by atoms with E-state index in [9.17, 15) is 0 Å². The number of alkyl halides is 1. The van der Waals surface area contributed by atoms with Gasteiger partial charge in [0.25, 0.3) is 0 Å². The Morgan fingerprint density at radius 2 is 1.94 bits per heavy atom. The Morgan fingerprint density at radius 1 is 1.28 bits per heavy atom. The molecule has 0 N–H and O–H groups in total. The van der Waals surface area contributed by atoms with Crippen LogP contribution in [0.15, 0.2) is 12.1 Å². The molecular formula is C14H22ClN3. The summed E-state index contributed by atoms with van der Waals surface area (Å²) < 4.78 is 0. The summed E-state index contributed by atoms with van der Waals surface area (Å²) in [4.78, 5) is 2.26. The van der Waals surface area contributed by atoms with Gasteiger partial charge in [-0.1, -0.05) is 13.8 Å². The zero-order valence-corrected chi connectivity index (χ0v) is 12.2. The van der Waals surface area contributed by atoms with E-state index in [1.54, 1.807) is 0 Å². The lowest BCUT2D eigenvalue weighted by Gasteiger charge is -2.38. The molecule has 1 aliphatic carbocycles.